The second-order valence-electron chi connectivity index (χ2n) is 10.8. The van der Waals surface area contributed by atoms with Crippen molar-refractivity contribution in [1.82, 2.24) is 14.9 Å². The third-order valence-corrected chi connectivity index (χ3v) is 8.40. The Morgan fingerprint density at radius 2 is 1.64 bits per heavy atom. The van der Waals surface area contributed by atoms with Crippen LogP contribution in [0.5, 0.6) is 5.75 Å². The highest BCUT2D eigenvalue weighted by Gasteiger charge is 2.29. The number of pyridine rings is 1. The smallest absolute Gasteiger partial charge is 0.138 e. The Balaban J connectivity index is 0.00000155. The molecule has 5 heterocycles. The molecule has 2 aromatic heterocycles. The van der Waals surface area contributed by atoms with E-state index >= 15 is 0 Å². The summed E-state index contributed by atoms with van der Waals surface area (Å²) in [7, 11) is 0. The number of ether oxygens (including phenoxy) is 3. The minimum absolute atomic E-state index is 0.0880. The molecular formula is C34H39N5O3. The summed E-state index contributed by atoms with van der Waals surface area (Å²) in [5, 5.41) is 10.9. The summed E-state index contributed by atoms with van der Waals surface area (Å²) in [6, 6.07) is 21.8. The van der Waals surface area contributed by atoms with Gasteiger partial charge in [0.05, 0.1) is 38.0 Å². The van der Waals surface area contributed by atoms with Gasteiger partial charge in [-0.1, -0.05) is 32.0 Å². The van der Waals surface area contributed by atoms with E-state index in [2.05, 4.69) is 56.2 Å². The van der Waals surface area contributed by atoms with E-state index in [1.807, 2.05) is 44.3 Å². The van der Waals surface area contributed by atoms with Gasteiger partial charge in [-0.2, -0.15) is 5.26 Å². The molecule has 0 atom stereocenters. The van der Waals surface area contributed by atoms with Gasteiger partial charge in [0.25, 0.3) is 0 Å². The van der Waals surface area contributed by atoms with Crippen molar-refractivity contribution < 1.29 is 14.2 Å². The Morgan fingerprint density at radius 3 is 2.33 bits per heavy atom. The van der Waals surface area contributed by atoms with E-state index in [9.17, 15) is 5.26 Å². The summed E-state index contributed by atoms with van der Waals surface area (Å²) in [6.07, 6.45) is 3.59. The van der Waals surface area contributed by atoms with E-state index in [4.69, 9.17) is 14.2 Å². The van der Waals surface area contributed by atoms with Gasteiger partial charge in [0.15, 0.2) is 0 Å². The van der Waals surface area contributed by atoms with Crippen molar-refractivity contribution in [1.29, 1.82) is 5.26 Å². The van der Waals surface area contributed by atoms with Crippen molar-refractivity contribution in [2.75, 3.05) is 57.5 Å². The van der Waals surface area contributed by atoms with Gasteiger partial charge in [-0.25, -0.2) is 4.98 Å². The Morgan fingerprint density at radius 1 is 0.905 bits per heavy atom. The molecule has 3 aliphatic heterocycles. The lowest BCUT2D eigenvalue weighted by Crippen LogP contribution is -2.56. The number of hydrogen-bond donors (Lipinski definition) is 1. The van der Waals surface area contributed by atoms with Crippen molar-refractivity contribution in [3.8, 4) is 34.2 Å². The topological polar surface area (TPSA) is 86.6 Å². The molecule has 218 valence electrons. The standard InChI is InChI=1S/C32H33N5O3.C2H6/c33-19-24-17-23(3-6-31(24)40-27-8-15-38-16-9-27)28-7-10-34-32-29(28)18-30(35-32)22-1-4-25(5-2-22)36-11-13-37(14-12-36)26-20-39-21-26;1-2/h1-7,10,17-18,26-27H,8-9,11-16,20-21H2,(H,34,35);1-2H3. The molecule has 8 nitrogen and oxygen atoms in total. The molecule has 0 bridgehead atoms. The van der Waals surface area contributed by atoms with Crippen LogP contribution in [0.2, 0.25) is 0 Å². The van der Waals surface area contributed by atoms with Crippen molar-refractivity contribution >= 4 is 16.7 Å². The van der Waals surface area contributed by atoms with E-state index in [0.717, 1.165) is 85.7 Å². The predicted octanol–water partition coefficient (Wildman–Crippen LogP) is 5.87. The van der Waals surface area contributed by atoms with Crippen LogP contribution in [-0.4, -0.2) is 79.6 Å². The molecule has 0 amide bonds. The molecular weight excluding hydrogens is 526 g/mol. The number of anilines is 1. The van der Waals surface area contributed by atoms with Crippen LogP contribution in [0.15, 0.2) is 60.8 Å². The molecule has 0 aliphatic carbocycles. The lowest BCUT2D eigenvalue weighted by molar-refractivity contribution is -0.0660. The first-order valence-electron chi connectivity index (χ1n) is 15.2. The fourth-order valence-corrected chi connectivity index (χ4v) is 5.93. The molecule has 42 heavy (non-hydrogen) atoms. The van der Waals surface area contributed by atoms with Gasteiger partial charge in [-0.3, -0.25) is 4.90 Å². The van der Waals surface area contributed by atoms with Crippen LogP contribution in [-0.2, 0) is 9.47 Å². The molecule has 3 saturated heterocycles. The molecule has 4 aromatic rings. The van der Waals surface area contributed by atoms with Crippen LogP contribution in [0.25, 0.3) is 33.4 Å². The number of nitrogens with zero attached hydrogens (tertiary/aromatic N) is 4. The van der Waals surface area contributed by atoms with Crippen molar-refractivity contribution in [2.24, 2.45) is 0 Å². The summed E-state index contributed by atoms with van der Waals surface area (Å²) < 4.78 is 17.0. The van der Waals surface area contributed by atoms with E-state index in [1.54, 1.807) is 0 Å². The van der Waals surface area contributed by atoms with Gasteiger partial charge < -0.3 is 24.1 Å². The normalized spacial score (nSPS) is 18.2. The molecule has 3 aliphatic rings. The zero-order valence-electron chi connectivity index (χ0n) is 24.5. The monoisotopic (exact) mass is 565 g/mol. The first kappa shape index (κ1) is 28.2. The Kier molecular flexibility index (Phi) is 8.71. The highest BCUT2D eigenvalue weighted by molar-refractivity contribution is 5.96. The number of piperazine rings is 1. The van der Waals surface area contributed by atoms with Gasteiger partial charge in [-0.05, 0) is 53.1 Å². The Labute approximate surface area is 247 Å². The highest BCUT2D eigenvalue weighted by atomic mass is 16.5. The van der Waals surface area contributed by atoms with Crippen LogP contribution in [0.3, 0.4) is 0 Å². The van der Waals surface area contributed by atoms with E-state index < -0.39 is 0 Å². The maximum absolute atomic E-state index is 9.87. The minimum atomic E-state index is 0.0880. The van der Waals surface area contributed by atoms with Crippen LogP contribution in [0.4, 0.5) is 5.69 Å². The first-order chi connectivity index (χ1) is 20.7. The van der Waals surface area contributed by atoms with E-state index in [-0.39, 0.29) is 6.10 Å². The van der Waals surface area contributed by atoms with Crippen molar-refractivity contribution in [3.05, 3.63) is 66.4 Å². The van der Waals surface area contributed by atoms with E-state index in [0.29, 0.717) is 30.6 Å². The second-order valence-corrected chi connectivity index (χ2v) is 10.8. The largest absolute Gasteiger partial charge is 0.489 e. The predicted molar refractivity (Wildman–Crippen MR) is 166 cm³/mol. The number of fused-ring (bicyclic) bond motifs is 1. The molecule has 0 unspecified atom stereocenters. The molecule has 0 radical (unpaired) electrons. The number of nitrogens with one attached hydrogen (secondary N) is 1. The van der Waals surface area contributed by atoms with E-state index in [1.165, 1.54) is 5.69 Å². The van der Waals surface area contributed by atoms with Crippen LogP contribution < -0.4 is 9.64 Å². The summed E-state index contributed by atoms with van der Waals surface area (Å²) in [6.45, 7) is 11.4. The maximum atomic E-state index is 9.87. The van der Waals surface area contributed by atoms with Gasteiger partial charge in [0.2, 0.25) is 0 Å². The van der Waals surface area contributed by atoms with Gasteiger partial charge in [0, 0.05) is 62.0 Å². The average Bonchev–Trinajstić information content (AvgIpc) is 3.47. The maximum Gasteiger partial charge on any atom is 0.138 e. The Bertz CT molecular complexity index is 1530. The molecule has 0 spiro atoms. The fourth-order valence-electron chi connectivity index (χ4n) is 5.93. The van der Waals surface area contributed by atoms with Crippen LogP contribution >= 0.6 is 0 Å². The van der Waals surface area contributed by atoms with Crippen molar-refractivity contribution in [3.63, 3.8) is 0 Å². The second kappa shape index (κ2) is 13.0. The average molecular weight is 566 g/mol. The first-order valence-corrected chi connectivity index (χ1v) is 15.2. The fraction of sp³-hybridized carbons (Fsp3) is 0.412. The zero-order valence-corrected chi connectivity index (χ0v) is 24.5. The summed E-state index contributed by atoms with van der Waals surface area (Å²) in [5.74, 6) is 0.636. The summed E-state index contributed by atoms with van der Waals surface area (Å²) >= 11 is 0. The number of aromatic amines is 1. The van der Waals surface area contributed by atoms with Gasteiger partial charge in [0.1, 0.15) is 23.6 Å². The lowest BCUT2D eigenvalue weighted by Gasteiger charge is -2.43. The highest BCUT2D eigenvalue weighted by Crippen LogP contribution is 2.34. The molecule has 2 aromatic carbocycles. The van der Waals surface area contributed by atoms with Crippen molar-refractivity contribution in [2.45, 2.75) is 38.8 Å². The van der Waals surface area contributed by atoms with Gasteiger partial charge in [-0.15, -0.1) is 0 Å². The molecule has 0 saturated carbocycles. The summed E-state index contributed by atoms with van der Waals surface area (Å²) in [5.41, 5.74) is 6.78. The number of rotatable bonds is 6. The molecule has 3 fully saturated rings. The van der Waals surface area contributed by atoms with Crippen LogP contribution in [0, 0.1) is 11.3 Å². The molecule has 8 heteroatoms. The minimum Gasteiger partial charge on any atom is -0.489 e. The number of H-pyrrole nitrogens is 1. The zero-order chi connectivity index (χ0) is 28.9. The van der Waals surface area contributed by atoms with Gasteiger partial charge >= 0.3 is 0 Å². The lowest BCUT2D eigenvalue weighted by atomic mass is 10.0. The summed E-state index contributed by atoms with van der Waals surface area (Å²) in [4.78, 5) is 13.1. The SMILES string of the molecule is CC.N#Cc1cc(-c2ccnc3[nH]c(-c4ccc(N5CCN(C6COC6)CC5)cc4)cc23)ccc1OC1CCOCC1. The number of aromatic nitrogens is 2. The quantitative estimate of drug-likeness (QED) is 0.313. The molecule has 1 N–H and O–H groups in total. The number of nitriles is 1. The Hall–Kier alpha value is -3.90. The molecule has 7 rings (SSSR count). The third kappa shape index (κ3) is 5.86. The van der Waals surface area contributed by atoms with Crippen LogP contribution in [0.1, 0.15) is 32.3 Å². The third-order valence-electron chi connectivity index (χ3n) is 8.40. The number of benzene rings is 2. The number of hydrogen-bond acceptors (Lipinski definition) is 7.